The Morgan fingerprint density at radius 3 is 2.15 bits per heavy atom. The molecule has 0 unspecified atom stereocenters. The summed E-state index contributed by atoms with van der Waals surface area (Å²) < 4.78 is 0. The SMILES string of the molecule is Cc1ccc(-c2cn[c]nc2)cc1. The van der Waals surface area contributed by atoms with Gasteiger partial charge in [0.25, 0.3) is 0 Å². The van der Waals surface area contributed by atoms with Gasteiger partial charge < -0.3 is 0 Å². The van der Waals surface area contributed by atoms with E-state index in [-0.39, 0.29) is 0 Å². The first kappa shape index (κ1) is 7.92. The Labute approximate surface area is 77.3 Å². The molecule has 1 radical (unpaired) electrons. The van der Waals surface area contributed by atoms with Gasteiger partial charge in [0.2, 0.25) is 0 Å². The first-order chi connectivity index (χ1) is 6.36. The first-order valence-electron chi connectivity index (χ1n) is 4.11. The number of aryl methyl sites for hydroxylation is 1. The first-order valence-corrected chi connectivity index (χ1v) is 4.11. The van der Waals surface area contributed by atoms with E-state index in [0.29, 0.717) is 0 Å². The summed E-state index contributed by atoms with van der Waals surface area (Å²) in [5.74, 6) is 0. The summed E-state index contributed by atoms with van der Waals surface area (Å²) in [5.41, 5.74) is 3.42. The number of aromatic nitrogens is 2. The summed E-state index contributed by atoms with van der Waals surface area (Å²) in [6.07, 6.45) is 6.04. The quantitative estimate of drug-likeness (QED) is 0.654. The van der Waals surface area contributed by atoms with Crippen molar-refractivity contribution in [1.82, 2.24) is 9.97 Å². The molecule has 0 spiro atoms. The van der Waals surface area contributed by atoms with E-state index in [0.717, 1.165) is 11.1 Å². The zero-order valence-corrected chi connectivity index (χ0v) is 7.36. The van der Waals surface area contributed by atoms with E-state index in [9.17, 15) is 0 Å². The molecule has 63 valence electrons. The molecule has 0 aliphatic heterocycles. The van der Waals surface area contributed by atoms with Crippen molar-refractivity contribution in [3.8, 4) is 11.1 Å². The third-order valence-electron chi connectivity index (χ3n) is 1.91. The van der Waals surface area contributed by atoms with E-state index in [4.69, 9.17) is 0 Å². The van der Waals surface area contributed by atoms with E-state index >= 15 is 0 Å². The van der Waals surface area contributed by atoms with E-state index in [1.54, 1.807) is 12.4 Å². The lowest BCUT2D eigenvalue weighted by molar-refractivity contribution is 1.15. The standard InChI is InChI=1S/C11H9N2/c1-9-2-4-10(5-3-9)11-6-12-8-13-7-11/h2-7H,1H3. The second-order valence-corrected chi connectivity index (χ2v) is 2.94. The maximum atomic E-state index is 3.85. The Balaban J connectivity index is 2.42. The van der Waals surface area contributed by atoms with Crippen LogP contribution in [0.25, 0.3) is 11.1 Å². The molecule has 0 bridgehead atoms. The maximum absolute atomic E-state index is 3.85. The van der Waals surface area contributed by atoms with E-state index in [2.05, 4.69) is 47.5 Å². The number of rotatable bonds is 1. The lowest BCUT2D eigenvalue weighted by Crippen LogP contribution is -1.82. The summed E-state index contributed by atoms with van der Waals surface area (Å²) >= 11 is 0. The monoisotopic (exact) mass is 169 g/mol. The maximum Gasteiger partial charge on any atom is 0.197 e. The topological polar surface area (TPSA) is 25.8 Å². The molecule has 0 amide bonds. The van der Waals surface area contributed by atoms with Crippen molar-refractivity contribution in [2.24, 2.45) is 0 Å². The second-order valence-electron chi connectivity index (χ2n) is 2.94. The number of nitrogens with zero attached hydrogens (tertiary/aromatic N) is 2. The smallest absolute Gasteiger partial charge is 0.197 e. The third kappa shape index (κ3) is 1.72. The predicted octanol–water partition coefficient (Wildman–Crippen LogP) is 2.25. The summed E-state index contributed by atoms with van der Waals surface area (Å²) in [6.45, 7) is 2.07. The minimum atomic E-state index is 1.03. The fourth-order valence-corrected chi connectivity index (χ4v) is 1.16. The number of hydrogen-bond acceptors (Lipinski definition) is 2. The number of hydrogen-bond donors (Lipinski definition) is 0. The van der Waals surface area contributed by atoms with Crippen LogP contribution >= 0.6 is 0 Å². The van der Waals surface area contributed by atoms with Gasteiger partial charge in [-0.25, -0.2) is 9.97 Å². The molecule has 0 N–H and O–H groups in total. The lowest BCUT2D eigenvalue weighted by Gasteiger charge is -1.99. The van der Waals surface area contributed by atoms with Gasteiger partial charge in [0, 0.05) is 18.0 Å². The van der Waals surface area contributed by atoms with E-state index < -0.39 is 0 Å². The van der Waals surface area contributed by atoms with Crippen molar-refractivity contribution in [3.05, 3.63) is 48.5 Å². The fourth-order valence-electron chi connectivity index (χ4n) is 1.16. The molecule has 0 aliphatic rings. The van der Waals surface area contributed by atoms with Crippen LogP contribution in [0.3, 0.4) is 0 Å². The van der Waals surface area contributed by atoms with Crippen molar-refractivity contribution in [1.29, 1.82) is 0 Å². The summed E-state index contributed by atoms with van der Waals surface area (Å²) in [7, 11) is 0. The van der Waals surface area contributed by atoms with Crippen LogP contribution in [-0.2, 0) is 0 Å². The summed E-state index contributed by atoms with van der Waals surface area (Å²) in [4.78, 5) is 7.69. The van der Waals surface area contributed by atoms with Gasteiger partial charge in [-0.15, -0.1) is 0 Å². The predicted molar refractivity (Wildman–Crippen MR) is 51.0 cm³/mol. The Kier molecular flexibility index (Phi) is 2.04. The van der Waals surface area contributed by atoms with Crippen molar-refractivity contribution in [3.63, 3.8) is 0 Å². The van der Waals surface area contributed by atoms with Crippen LogP contribution in [-0.4, -0.2) is 9.97 Å². The Bertz CT molecular complexity index is 379. The molecule has 1 aromatic heterocycles. The van der Waals surface area contributed by atoms with Crippen LogP contribution in [0.4, 0.5) is 0 Å². The van der Waals surface area contributed by atoms with Gasteiger partial charge in [-0.3, -0.25) is 0 Å². The van der Waals surface area contributed by atoms with Crippen LogP contribution in [0.2, 0.25) is 0 Å². The highest BCUT2D eigenvalue weighted by molar-refractivity contribution is 5.61. The molecule has 0 fully saturated rings. The van der Waals surface area contributed by atoms with E-state index in [1.807, 2.05) is 0 Å². The Morgan fingerprint density at radius 1 is 0.923 bits per heavy atom. The van der Waals surface area contributed by atoms with Crippen molar-refractivity contribution < 1.29 is 0 Å². The Morgan fingerprint density at radius 2 is 1.54 bits per heavy atom. The fraction of sp³-hybridized carbons (Fsp3) is 0.0909. The van der Waals surface area contributed by atoms with Crippen LogP contribution in [0.5, 0.6) is 0 Å². The second kappa shape index (κ2) is 3.35. The highest BCUT2D eigenvalue weighted by Gasteiger charge is 1.95. The van der Waals surface area contributed by atoms with Crippen molar-refractivity contribution in [2.75, 3.05) is 0 Å². The van der Waals surface area contributed by atoms with Gasteiger partial charge in [0.15, 0.2) is 6.33 Å². The molecule has 2 rings (SSSR count). The average molecular weight is 169 g/mol. The zero-order chi connectivity index (χ0) is 9.10. The van der Waals surface area contributed by atoms with Gasteiger partial charge in [0.1, 0.15) is 0 Å². The normalized spacial score (nSPS) is 9.92. The molecule has 0 aliphatic carbocycles. The minimum absolute atomic E-state index is 1.03. The molecule has 1 heterocycles. The van der Waals surface area contributed by atoms with Crippen molar-refractivity contribution >= 4 is 0 Å². The van der Waals surface area contributed by atoms with Gasteiger partial charge in [-0.05, 0) is 12.5 Å². The Hall–Kier alpha value is -1.70. The van der Waals surface area contributed by atoms with Crippen LogP contribution < -0.4 is 0 Å². The van der Waals surface area contributed by atoms with Crippen LogP contribution in [0.1, 0.15) is 5.56 Å². The molecule has 0 atom stereocenters. The highest BCUT2D eigenvalue weighted by atomic mass is 14.8. The zero-order valence-electron chi connectivity index (χ0n) is 7.36. The van der Waals surface area contributed by atoms with Gasteiger partial charge in [-0.2, -0.15) is 0 Å². The molecule has 2 nitrogen and oxygen atoms in total. The summed E-state index contributed by atoms with van der Waals surface area (Å²) in [5, 5.41) is 0. The number of benzene rings is 1. The molecule has 0 saturated heterocycles. The molecular weight excluding hydrogens is 160 g/mol. The van der Waals surface area contributed by atoms with Crippen LogP contribution in [0.15, 0.2) is 36.7 Å². The molecule has 2 heteroatoms. The van der Waals surface area contributed by atoms with Gasteiger partial charge in [0.05, 0.1) is 0 Å². The molecular formula is C11H9N2. The van der Waals surface area contributed by atoms with Crippen LogP contribution in [0, 0.1) is 13.3 Å². The third-order valence-corrected chi connectivity index (χ3v) is 1.91. The lowest BCUT2D eigenvalue weighted by atomic mass is 10.1. The molecule has 2 aromatic rings. The van der Waals surface area contributed by atoms with E-state index in [1.165, 1.54) is 5.56 Å². The summed E-state index contributed by atoms with van der Waals surface area (Å²) in [6, 6.07) is 8.28. The van der Waals surface area contributed by atoms with Gasteiger partial charge in [-0.1, -0.05) is 29.8 Å². The highest BCUT2D eigenvalue weighted by Crippen LogP contribution is 2.16. The minimum Gasteiger partial charge on any atom is -0.233 e. The largest absolute Gasteiger partial charge is 0.233 e. The van der Waals surface area contributed by atoms with Crippen molar-refractivity contribution in [2.45, 2.75) is 6.92 Å². The van der Waals surface area contributed by atoms with Gasteiger partial charge >= 0.3 is 0 Å². The molecule has 13 heavy (non-hydrogen) atoms. The average Bonchev–Trinajstić information content (AvgIpc) is 2.20. The molecule has 1 aromatic carbocycles. The molecule has 0 saturated carbocycles.